The molecule has 0 saturated heterocycles. The third kappa shape index (κ3) is 8.93. The van der Waals surface area contributed by atoms with Gasteiger partial charge in [-0.05, 0) is 38.3 Å². The molecule has 0 aliphatic heterocycles. The Bertz CT molecular complexity index is 748. The third-order valence-corrected chi connectivity index (χ3v) is 3.59. The molecular weight excluding hydrogens is 399 g/mol. The van der Waals surface area contributed by atoms with E-state index in [1.807, 2.05) is 5.32 Å². The van der Waals surface area contributed by atoms with Crippen LogP contribution in [0.2, 0.25) is 0 Å². The first-order valence-corrected chi connectivity index (χ1v) is 8.82. The average molecular weight is 422 g/mol. The smallest absolute Gasteiger partial charge is 0.405 e. The molecule has 5 nitrogen and oxygen atoms in total. The fraction of sp³-hybridized carbons (Fsp3) is 0.474. The monoisotopic (exact) mass is 422 g/mol. The van der Waals surface area contributed by atoms with Crippen LogP contribution in [0.3, 0.4) is 0 Å². The van der Waals surface area contributed by atoms with Crippen LogP contribution in [0.5, 0.6) is 0 Å². The van der Waals surface area contributed by atoms with E-state index in [0.717, 1.165) is 12.3 Å². The van der Waals surface area contributed by atoms with E-state index in [4.69, 9.17) is 4.74 Å². The van der Waals surface area contributed by atoms with Crippen LogP contribution in [0.15, 0.2) is 24.4 Å². The lowest BCUT2D eigenvalue weighted by atomic mass is 9.98. The summed E-state index contributed by atoms with van der Waals surface area (Å²) >= 11 is 0. The molecule has 0 spiro atoms. The second kappa shape index (κ2) is 10.8. The molecule has 0 saturated carbocycles. The van der Waals surface area contributed by atoms with Crippen LogP contribution in [0.1, 0.15) is 39.2 Å². The van der Waals surface area contributed by atoms with Crippen LogP contribution in [0.25, 0.3) is 5.57 Å². The van der Waals surface area contributed by atoms with Gasteiger partial charge in [0.05, 0.1) is 6.10 Å². The van der Waals surface area contributed by atoms with Crippen molar-refractivity contribution in [3.8, 4) is 0 Å². The second-order valence-corrected chi connectivity index (χ2v) is 6.54. The van der Waals surface area contributed by atoms with Gasteiger partial charge in [-0.2, -0.15) is 13.2 Å². The zero-order chi connectivity index (χ0) is 22.2. The fourth-order valence-electron chi connectivity index (χ4n) is 2.43. The van der Waals surface area contributed by atoms with Crippen molar-refractivity contribution in [2.24, 2.45) is 0 Å². The predicted octanol–water partition coefficient (Wildman–Crippen LogP) is 3.69. The molecule has 29 heavy (non-hydrogen) atoms. The molecule has 10 heteroatoms. The molecule has 1 amide bonds. The molecule has 1 aromatic rings. The molecule has 162 valence electrons. The summed E-state index contributed by atoms with van der Waals surface area (Å²) in [6, 6.07) is 2.19. The first kappa shape index (κ1) is 24.4. The van der Waals surface area contributed by atoms with E-state index in [2.05, 4.69) is 5.32 Å². The van der Waals surface area contributed by atoms with E-state index in [-0.39, 0.29) is 24.0 Å². The Morgan fingerprint density at radius 1 is 1.21 bits per heavy atom. The second-order valence-electron chi connectivity index (χ2n) is 6.54. The van der Waals surface area contributed by atoms with Crippen molar-refractivity contribution in [3.05, 3.63) is 41.6 Å². The molecule has 1 aromatic carbocycles. The lowest BCUT2D eigenvalue weighted by Gasteiger charge is -2.19. The Morgan fingerprint density at radius 2 is 1.86 bits per heavy atom. The van der Waals surface area contributed by atoms with Crippen molar-refractivity contribution in [2.45, 2.75) is 51.9 Å². The molecule has 2 N–H and O–H groups in total. The van der Waals surface area contributed by atoms with Crippen LogP contribution in [-0.4, -0.2) is 36.7 Å². The molecule has 0 aliphatic rings. The molecular formula is C19H23F5N2O3. The number of hydrogen-bond donors (Lipinski definition) is 2. The van der Waals surface area contributed by atoms with Gasteiger partial charge in [0.25, 0.3) is 0 Å². The number of nitrogens with one attached hydrogen (secondary N) is 2. The van der Waals surface area contributed by atoms with Gasteiger partial charge in [0.15, 0.2) is 11.6 Å². The van der Waals surface area contributed by atoms with E-state index >= 15 is 0 Å². The number of allylic oxidation sites excluding steroid dienone is 1. The lowest BCUT2D eigenvalue weighted by molar-refractivity contribution is -0.151. The van der Waals surface area contributed by atoms with Crippen molar-refractivity contribution >= 4 is 17.4 Å². The first-order valence-electron chi connectivity index (χ1n) is 8.82. The van der Waals surface area contributed by atoms with Crippen LogP contribution >= 0.6 is 0 Å². The molecule has 1 rings (SSSR count). The molecule has 0 aromatic heterocycles. The third-order valence-electron chi connectivity index (χ3n) is 3.59. The number of ether oxygens (including phenoxy) is 1. The summed E-state index contributed by atoms with van der Waals surface area (Å²) in [5, 5.41) is 4.41. The molecule has 0 fully saturated rings. The summed E-state index contributed by atoms with van der Waals surface area (Å²) in [6.45, 7) is 3.02. The largest absolute Gasteiger partial charge is 0.461 e. The number of hydrogen-bond acceptors (Lipinski definition) is 4. The maximum absolute atomic E-state index is 14.2. The minimum absolute atomic E-state index is 0.000973. The number of rotatable bonds is 9. The Kier molecular flexibility index (Phi) is 9.06. The Hall–Kier alpha value is -2.65. The summed E-state index contributed by atoms with van der Waals surface area (Å²) in [5.74, 6) is -3.65. The highest BCUT2D eigenvalue weighted by atomic mass is 19.4. The van der Waals surface area contributed by atoms with Gasteiger partial charge in [-0.15, -0.1) is 0 Å². The number of carbonyl (C=O) groups is 2. The van der Waals surface area contributed by atoms with Gasteiger partial charge in [-0.1, -0.05) is 12.1 Å². The Balaban J connectivity index is 3.08. The van der Waals surface area contributed by atoms with Gasteiger partial charge in [-0.25, -0.2) is 13.6 Å². The first-order chi connectivity index (χ1) is 13.4. The van der Waals surface area contributed by atoms with Crippen molar-refractivity contribution < 1.29 is 36.3 Å². The Morgan fingerprint density at radius 3 is 2.41 bits per heavy atom. The number of halogens is 5. The summed E-state index contributed by atoms with van der Waals surface area (Å²) in [6.07, 6.45) is -4.28. The minimum Gasteiger partial charge on any atom is -0.461 e. The average Bonchev–Trinajstić information content (AvgIpc) is 2.57. The van der Waals surface area contributed by atoms with E-state index in [0.29, 0.717) is 0 Å². The molecule has 0 aliphatic carbocycles. The zero-order valence-electron chi connectivity index (χ0n) is 16.2. The molecule has 0 bridgehead atoms. The van der Waals surface area contributed by atoms with Gasteiger partial charge < -0.3 is 15.4 Å². The SMILES string of the molecule is CC(=O)NC(CC/C(=C\NCC(F)(F)F)c1cccc(F)c1F)C(=O)OC(C)C. The van der Waals surface area contributed by atoms with Crippen molar-refractivity contribution in [2.75, 3.05) is 6.54 Å². The number of amides is 1. The van der Waals surface area contributed by atoms with Crippen LogP contribution in [0.4, 0.5) is 22.0 Å². The topological polar surface area (TPSA) is 67.4 Å². The molecule has 0 radical (unpaired) electrons. The fourth-order valence-corrected chi connectivity index (χ4v) is 2.43. The van der Waals surface area contributed by atoms with Crippen LogP contribution < -0.4 is 10.6 Å². The van der Waals surface area contributed by atoms with E-state index in [1.54, 1.807) is 13.8 Å². The highest BCUT2D eigenvalue weighted by molar-refractivity contribution is 5.83. The predicted molar refractivity (Wildman–Crippen MR) is 96.5 cm³/mol. The number of esters is 1. The van der Waals surface area contributed by atoms with Crippen LogP contribution in [-0.2, 0) is 14.3 Å². The van der Waals surface area contributed by atoms with E-state index in [9.17, 15) is 31.5 Å². The highest BCUT2D eigenvalue weighted by Crippen LogP contribution is 2.25. The van der Waals surface area contributed by atoms with Gasteiger partial charge in [-0.3, -0.25) is 4.79 Å². The molecule has 1 unspecified atom stereocenters. The van der Waals surface area contributed by atoms with Crippen LogP contribution in [0, 0.1) is 11.6 Å². The van der Waals surface area contributed by atoms with Crippen molar-refractivity contribution in [1.82, 2.24) is 10.6 Å². The molecule has 1 atom stereocenters. The molecule has 0 heterocycles. The van der Waals surface area contributed by atoms with E-state index in [1.165, 1.54) is 19.1 Å². The number of alkyl halides is 3. The summed E-state index contributed by atoms with van der Waals surface area (Å²) in [5.41, 5.74) is -0.252. The number of carbonyl (C=O) groups excluding carboxylic acids is 2. The summed E-state index contributed by atoms with van der Waals surface area (Å²) in [7, 11) is 0. The Labute approximate surface area is 165 Å². The quantitative estimate of drug-likeness (QED) is 0.471. The van der Waals surface area contributed by atoms with Crippen molar-refractivity contribution in [1.29, 1.82) is 0 Å². The minimum atomic E-state index is -4.51. The van der Waals surface area contributed by atoms with E-state index < -0.39 is 48.4 Å². The summed E-state index contributed by atoms with van der Waals surface area (Å²) in [4.78, 5) is 23.5. The standard InChI is InChI=1S/C19H23F5N2O3/c1-11(2)29-18(28)16(26-12(3)27)8-7-13(9-25-10-19(22,23)24)14-5-4-6-15(20)17(14)21/h4-6,9,11,16,25H,7-8,10H2,1-3H3,(H,26,27)/b13-9+. The highest BCUT2D eigenvalue weighted by Gasteiger charge is 2.27. The lowest BCUT2D eigenvalue weighted by Crippen LogP contribution is -2.41. The summed E-state index contributed by atoms with van der Waals surface area (Å²) < 4.78 is 70.0. The normalized spacial score (nSPS) is 13.2. The maximum Gasteiger partial charge on any atom is 0.405 e. The maximum atomic E-state index is 14.2. The van der Waals surface area contributed by atoms with Crippen molar-refractivity contribution in [3.63, 3.8) is 0 Å². The van der Waals surface area contributed by atoms with Gasteiger partial charge in [0, 0.05) is 18.7 Å². The zero-order valence-corrected chi connectivity index (χ0v) is 16.2. The van der Waals surface area contributed by atoms with Gasteiger partial charge in [0.1, 0.15) is 12.6 Å². The number of benzene rings is 1. The van der Waals surface area contributed by atoms with Gasteiger partial charge >= 0.3 is 12.1 Å². The van der Waals surface area contributed by atoms with Gasteiger partial charge in [0.2, 0.25) is 5.91 Å².